The maximum Gasteiger partial charge on any atom is 0.150 e. The third-order valence-electron chi connectivity index (χ3n) is 3.62. The smallest absolute Gasteiger partial charge is 0.150 e. The molecule has 0 aliphatic carbocycles. The second-order valence-corrected chi connectivity index (χ2v) is 7.23. The first-order valence-corrected chi connectivity index (χ1v) is 8.23. The second kappa shape index (κ2) is 5.88. The van der Waals surface area contributed by atoms with Crippen molar-refractivity contribution in [1.82, 2.24) is 10.3 Å². The molecule has 2 atom stereocenters. The molecule has 1 aliphatic rings. The van der Waals surface area contributed by atoms with Gasteiger partial charge in [0.05, 0.1) is 24.8 Å². The zero-order valence-corrected chi connectivity index (χ0v) is 12.1. The standard InChI is InChI=1S/C13H20N2O3S/c1-14-13(5-10-3-4-19(16,17)9-10)11-6-12(18-2)8-15-7-11/h6-8,10,13-14H,3-5,9H2,1-2H3. The fourth-order valence-electron chi connectivity index (χ4n) is 2.55. The van der Waals surface area contributed by atoms with Gasteiger partial charge in [0.25, 0.3) is 0 Å². The van der Waals surface area contributed by atoms with Crippen molar-refractivity contribution in [1.29, 1.82) is 0 Å². The van der Waals surface area contributed by atoms with Gasteiger partial charge in [-0.25, -0.2) is 8.42 Å². The molecule has 0 bridgehead atoms. The second-order valence-electron chi connectivity index (χ2n) is 5.00. The molecular weight excluding hydrogens is 264 g/mol. The topological polar surface area (TPSA) is 68.3 Å². The molecule has 6 heteroatoms. The van der Waals surface area contributed by atoms with Crippen LogP contribution in [-0.4, -0.2) is 39.1 Å². The van der Waals surface area contributed by atoms with Crippen molar-refractivity contribution in [2.24, 2.45) is 5.92 Å². The Kier molecular flexibility index (Phi) is 4.42. The Morgan fingerprint density at radius 3 is 2.89 bits per heavy atom. The average molecular weight is 284 g/mol. The Morgan fingerprint density at radius 1 is 1.53 bits per heavy atom. The van der Waals surface area contributed by atoms with Crippen LogP contribution >= 0.6 is 0 Å². The lowest BCUT2D eigenvalue weighted by Crippen LogP contribution is -2.20. The number of rotatable bonds is 5. The van der Waals surface area contributed by atoms with E-state index in [4.69, 9.17) is 4.74 Å². The van der Waals surface area contributed by atoms with Crippen LogP contribution in [0.1, 0.15) is 24.4 Å². The van der Waals surface area contributed by atoms with Gasteiger partial charge < -0.3 is 10.1 Å². The van der Waals surface area contributed by atoms with E-state index < -0.39 is 9.84 Å². The summed E-state index contributed by atoms with van der Waals surface area (Å²) in [6, 6.07) is 2.05. The molecule has 106 valence electrons. The van der Waals surface area contributed by atoms with Crippen molar-refractivity contribution in [2.75, 3.05) is 25.7 Å². The first kappa shape index (κ1) is 14.3. The van der Waals surface area contributed by atoms with E-state index in [9.17, 15) is 8.42 Å². The van der Waals surface area contributed by atoms with Crippen LogP contribution in [0.2, 0.25) is 0 Å². The van der Waals surface area contributed by atoms with Crippen LogP contribution < -0.4 is 10.1 Å². The van der Waals surface area contributed by atoms with Crippen LogP contribution in [-0.2, 0) is 9.84 Å². The summed E-state index contributed by atoms with van der Waals surface area (Å²) in [5, 5.41) is 3.23. The van der Waals surface area contributed by atoms with Crippen molar-refractivity contribution in [3.8, 4) is 5.75 Å². The Bertz CT molecular complexity index is 530. The van der Waals surface area contributed by atoms with Gasteiger partial charge in [0, 0.05) is 12.2 Å². The van der Waals surface area contributed by atoms with E-state index in [1.807, 2.05) is 13.1 Å². The van der Waals surface area contributed by atoms with E-state index in [1.165, 1.54) is 0 Å². The maximum atomic E-state index is 11.5. The molecule has 19 heavy (non-hydrogen) atoms. The maximum absolute atomic E-state index is 11.5. The molecule has 0 aromatic carbocycles. The number of hydrogen-bond donors (Lipinski definition) is 1. The third kappa shape index (κ3) is 3.67. The highest BCUT2D eigenvalue weighted by atomic mass is 32.2. The zero-order valence-electron chi connectivity index (χ0n) is 11.3. The number of nitrogens with one attached hydrogen (secondary N) is 1. The Labute approximate surface area is 114 Å². The molecule has 1 N–H and O–H groups in total. The zero-order chi connectivity index (χ0) is 13.9. The van der Waals surface area contributed by atoms with Gasteiger partial charge >= 0.3 is 0 Å². The van der Waals surface area contributed by atoms with Crippen LogP contribution in [0.15, 0.2) is 18.5 Å². The van der Waals surface area contributed by atoms with Gasteiger partial charge in [-0.15, -0.1) is 0 Å². The SMILES string of the molecule is CNC(CC1CCS(=O)(=O)C1)c1cncc(OC)c1. The van der Waals surface area contributed by atoms with E-state index in [1.54, 1.807) is 19.5 Å². The lowest BCUT2D eigenvalue weighted by molar-refractivity contribution is 0.406. The Balaban J connectivity index is 2.07. The van der Waals surface area contributed by atoms with Crippen molar-refractivity contribution in [2.45, 2.75) is 18.9 Å². The first-order valence-electron chi connectivity index (χ1n) is 6.40. The minimum Gasteiger partial charge on any atom is -0.495 e. The van der Waals surface area contributed by atoms with Crippen molar-refractivity contribution in [3.05, 3.63) is 24.0 Å². The fourth-order valence-corrected chi connectivity index (χ4v) is 4.43. The van der Waals surface area contributed by atoms with Crippen molar-refractivity contribution >= 4 is 9.84 Å². The van der Waals surface area contributed by atoms with Crippen molar-refractivity contribution < 1.29 is 13.2 Å². The lowest BCUT2D eigenvalue weighted by atomic mass is 9.95. The minimum absolute atomic E-state index is 0.112. The van der Waals surface area contributed by atoms with Gasteiger partial charge in [0.1, 0.15) is 5.75 Å². The van der Waals surface area contributed by atoms with Crippen LogP contribution in [0.25, 0.3) is 0 Å². The van der Waals surface area contributed by atoms with E-state index >= 15 is 0 Å². The molecule has 2 heterocycles. The van der Waals surface area contributed by atoms with Crippen LogP contribution in [0.3, 0.4) is 0 Å². The van der Waals surface area contributed by atoms with E-state index in [0.717, 1.165) is 24.2 Å². The number of nitrogens with zero attached hydrogens (tertiary/aromatic N) is 1. The summed E-state index contributed by atoms with van der Waals surface area (Å²) in [5.74, 6) is 1.58. The molecular formula is C13H20N2O3S. The molecule has 0 saturated carbocycles. The molecule has 5 nitrogen and oxygen atoms in total. The number of aromatic nitrogens is 1. The van der Waals surface area contributed by atoms with Gasteiger partial charge in [-0.3, -0.25) is 4.98 Å². The van der Waals surface area contributed by atoms with Crippen LogP contribution in [0.5, 0.6) is 5.75 Å². The number of ether oxygens (including phenoxy) is 1. The molecule has 0 spiro atoms. The molecule has 1 fully saturated rings. The predicted octanol–water partition coefficient (Wildman–Crippen LogP) is 1.18. The molecule has 1 aromatic rings. The highest BCUT2D eigenvalue weighted by molar-refractivity contribution is 7.91. The number of pyridine rings is 1. The predicted molar refractivity (Wildman–Crippen MR) is 74.0 cm³/mol. The molecule has 1 saturated heterocycles. The quantitative estimate of drug-likeness (QED) is 0.879. The van der Waals surface area contributed by atoms with E-state index in [-0.39, 0.29) is 12.0 Å². The largest absolute Gasteiger partial charge is 0.495 e. The molecule has 0 radical (unpaired) electrons. The highest BCUT2D eigenvalue weighted by Gasteiger charge is 2.29. The monoisotopic (exact) mass is 284 g/mol. The van der Waals surface area contributed by atoms with E-state index in [0.29, 0.717) is 11.5 Å². The molecule has 1 aliphatic heterocycles. The van der Waals surface area contributed by atoms with Crippen LogP contribution in [0, 0.1) is 5.92 Å². The summed E-state index contributed by atoms with van der Waals surface area (Å²) in [5.41, 5.74) is 1.03. The first-order chi connectivity index (χ1) is 9.04. The Morgan fingerprint density at radius 2 is 2.32 bits per heavy atom. The summed E-state index contributed by atoms with van der Waals surface area (Å²) in [7, 11) is 0.680. The van der Waals surface area contributed by atoms with Crippen molar-refractivity contribution in [3.63, 3.8) is 0 Å². The molecule has 0 amide bonds. The lowest BCUT2D eigenvalue weighted by Gasteiger charge is -2.20. The summed E-state index contributed by atoms with van der Waals surface area (Å²) in [6.07, 6.45) is 5.03. The normalized spacial score (nSPS) is 23.2. The van der Waals surface area contributed by atoms with Crippen LogP contribution in [0.4, 0.5) is 0 Å². The summed E-state index contributed by atoms with van der Waals surface area (Å²) in [4.78, 5) is 4.14. The number of methoxy groups -OCH3 is 1. The van der Waals surface area contributed by atoms with E-state index in [2.05, 4.69) is 10.3 Å². The van der Waals surface area contributed by atoms with Gasteiger partial charge in [-0.05, 0) is 37.4 Å². The summed E-state index contributed by atoms with van der Waals surface area (Å²) >= 11 is 0. The number of hydrogen-bond acceptors (Lipinski definition) is 5. The van der Waals surface area contributed by atoms with Gasteiger partial charge in [0.2, 0.25) is 0 Å². The van der Waals surface area contributed by atoms with Gasteiger partial charge in [-0.1, -0.05) is 0 Å². The Hall–Kier alpha value is -1.14. The molecule has 2 rings (SSSR count). The average Bonchev–Trinajstić information content (AvgIpc) is 2.75. The minimum atomic E-state index is -2.81. The summed E-state index contributed by atoms with van der Waals surface area (Å²) < 4.78 is 28.2. The fraction of sp³-hybridized carbons (Fsp3) is 0.615. The van der Waals surface area contributed by atoms with Gasteiger partial charge in [-0.2, -0.15) is 0 Å². The summed E-state index contributed by atoms with van der Waals surface area (Å²) in [6.45, 7) is 0. The third-order valence-corrected chi connectivity index (χ3v) is 5.45. The molecule has 1 aromatic heterocycles. The number of sulfone groups is 1. The molecule has 2 unspecified atom stereocenters. The van der Waals surface area contributed by atoms with Gasteiger partial charge in [0.15, 0.2) is 9.84 Å². The highest BCUT2D eigenvalue weighted by Crippen LogP contribution is 2.29.